The third kappa shape index (κ3) is 3.48. The lowest BCUT2D eigenvalue weighted by Crippen LogP contribution is -2.23. The van der Waals surface area contributed by atoms with Crippen LogP contribution >= 0.6 is 0 Å². The zero-order valence-electron chi connectivity index (χ0n) is 13.5. The van der Waals surface area contributed by atoms with Gasteiger partial charge < -0.3 is 10.1 Å². The van der Waals surface area contributed by atoms with Crippen LogP contribution in [0.4, 0.5) is 10.3 Å². The van der Waals surface area contributed by atoms with Crippen molar-refractivity contribution in [2.75, 3.05) is 18.5 Å². The summed E-state index contributed by atoms with van der Waals surface area (Å²) in [5, 5.41) is 11.7. The summed E-state index contributed by atoms with van der Waals surface area (Å²) in [7, 11) is 0. The molecule has 4 rings (SSSR count). The Morgan fingerprint density at radius 2 is 2.12 bits per heavy atom. The maximum absolute atomic E-state index is 13.5. The first kappa shape index (κ1) is 15.6. The molecule has 0 fully saturated rings. The standard InChI is InChI=1S/C17H17FN6O/c18-14-4-1-3-13(7-14)16-15-11-25-10-12(9-24(15)23-22-16)8-21-17-19-5-2-6-20-17/h1-7,12H,8-11H2,(H,19,20,21). The lowest BCUT2D eigenvalue weighted by atomic mass is 10.1. The number of hydrogen-bond donors (Lipinski definition) is 1. The van der Waals surface area contributed by atoms with Crippen LogP contribution in [0.3, 0.4) is 0 Å². The van der Waals surface area contributed by atoms with E-state index in [0.29, 0.717) is 43.5 Å². The zero-order chi connectivity index (χ0) is 17.1. The minimum atomic E-state index is -0.293. The van der Waals surface area contributed by atoms with Gasteiger partial charge in [-0.2, -0.15) is 0 Å². The Bertz CT molecular complexity index is 853. The summed E-state index contributed by atoms with van der Waals surface area (Å²) in [4.78, 5) is 8.30. The molecule has 0 aliphatic carbocycles. The Hall–Kier alpha value is -2.87. The maximum atomic E-state index is 13.5. The fourth-order valence-corrected chi connectivity index (χ4v) is 2.85. The van der Waals surface area contributed by atoms with Crippen molar-refractivity contribution >= 4 is 5.95 Å². The van der Waals surface area contributed by atoms with E-state index in [4.69, 9.17) is 4.74 Å². The van der Waals surface area contributed by atoms with Crippen molar-refractivity contribution < 1.29 is 9.13 Å². The third-order valence-electron chi connectivity index (χ3n) is 4.07. The van der Waals surface area contributed by atoms with E-state index >= 15 is 0 Å². The number of aromatic nitrogens is 5. The van der Waals surface area contributed by atoms with Gasteiger partial charge in [0.2, 0.25) is 5.95 Å². The Morgan fingerprint density at radius 3 is 2.96 bits per heavy atom. The van der Waals surface area contributed by atoms with Crippen LogP contribution in [0.25, 0.3) is 11.3 Å². The van der Waals surface area contributed by atoms with E-state index in [1.165, 1.54) is 12.1 Å². The number of nitrogens with zero attached hydrogens (tertiary/aromatic N) is 5. The number of ether oxygens (including phenoxy) is 1. The minimum absolute atomic E-state index is 0.201. The highest BCUT2D eigenvalue weighted by atomic mass is 19.1. The predicted molar refractivity (Wildman–Crippen MR) is 89.1 cm³/mol. The Balaban J connectivity index is 1.50. The summed E-state index contributed by atoms with van der Waals surface area (Å²) in [6.45, 7) is 2.32. The maximum Gasteiger partial charge on any atom is 0.222 e. The second-order valence-electron chi connectivity index (χ2n) is 5.91. The molecule has 1 aliphatic heterocycles. The number of halogens is 1. The Kier molecular flexibility index (Phi) is 4.34. The molecular weight excluding hydrogens is 323 g/mol. The van der Waals surface area contributed by atoms with Crippen molar-refractivity contribution in [3.63, 3.8) is 0 Å². The summed E-state index contributed by atoms with van der Waals surface area (Å²) in [5.74, 6) is 0.497. The number of hydrogen-bond acceptors (Lipinski definition) is 6. The van der Waals surface area contributed by atoms with Gasteiger partial charge in [-0.3, -0.25) is 0 Å². The van der Waals surface area contributed by atoms with E-state index < -0.39 is 0 Å². The van der Waals surface area contributed by atoms with E-state index in [0.717, 1.165) is 5.69 Å². The average molecular weight is 340 g/mol. The van der Waals surface area contributed by atoms with Crippen molar-refractivity contribution in [2.45, 2.75) is 13.2 Å². The molecule has 0 bridgehead atoms. The Labute approximate surface area is 143 Å². The molecule has 2 aromatic heterocycles. The van der Waals surface area contributed by atoms with Crippen LogP contribution in [-0.2, 0) is 17.9 Å². The molecule has 1 atom stereocenters. The fraction of sp³-hybridized carbons (Fsp3) is 0.294. The monoisotopic (exact) mass is 340 g/mol. The molecule has 0 saturated carbocycles. The second kappa shape index (κ2) is 6.94. The number of fused-ring (bicyclic) bond motifs is 1. The number of rotatable bonds is 4. The van der Waals surface area contributed by atoms with Gasteiger partial charge in [-0.15, -0.1) is 5.10 Å². The summed E-state index contributed by atoms with van der Waals surface area (Å²) >= 11 is 0. The molecule has 25 heavy (non-hydrogen) atoms. The van der Waals surface area contributed by atoms with E-state index in [2.05, 4.69) is 25.6 Å². The van der Waals surface area contributed by atoms with Gasteiger partial charge in [0, 0.05) is 37.0 Å². The van der Waals surface area contributed by atoms with Gasteiger partial charge in [0.15, 0.2) is 0 Å². The lowest BCUT2D eigenvalue weighted by molar-refractivity contribution is 0.0982. The highest BCUT2D eigenvalue weighted by Crippen LogP contribution is 2.25. The van der Waals surface area contributed by atoms with Crippen molar-refractivity contribution in [1.82, 2.24) is 25.0 Å². The van der Waals surface area contributed by atoms with Gasteiger partial charge in [-0.1, -0.05) is 17.3 Å². The first-order valence-corrected chi connectivity index (χ1v) is 8.06. The first-order valence-electron chi connectivity index (χ1n) is 8.06. The topological polar surface area (TPSA) is 77.8 Å². The molecule has 0 amide bonds. The molecular formula is C17H17FN6O. The van der Waals surface area contributed by atoms with Crippen molar-refractivity contribution in [1.29, 1.82) is 0 Å². The highest BCUT2D eigenvalue weighted by Gasteiger charge is 2.22. The molecule has 0 radical (unpaired) electrons. The summed E-state index contributed by atoms with van der Waals surface area (Å²) in [6, 6.07) is 8.14. The van der Waals surface area contributed by atoms with E-state index in [1.807, 2.05) is 10.7 Å². The van der Waals surface area contributed by atoms with Gasteiger partial charge in [-0.05, 0) is 18.2 Å². The Morgan fingerprint density at radius 1 is 1.24 bits per heavy atom. The van der Waals surface area contributed by atoms with Crippen LogP contribution in [0, 0.1) is 11.7 Å². The smallest absolute Gasteiger partial charge is 0.222 e. The fourth-order valence-electron chi connectivity index (χ4n) is 2.85. The highest BCUT2D eigenvalue weighted by molar-refractivity contribution is 5.61. The van der Waals surface area contributed by atoms with Crippen molar-refractivity contribution in [3.05, 3.63) is 54.2 Å². The molecule has 1 N–H and O–H groups in total. The summed E-state index contributed by atoms with van der Waals surface area (Å²) in [5.41, 5.74) is 2.24. The van der Waals surface area contributed by atoms with Crippen molar-refractivity contribution in [3.8, 4) is 11.3 Å². The summed E-state index contributed by atoms with van der Waals surface area (Å²) < 4.78 is 21.1. The van der Waals surface area contributed by atoms with Crippen molar-refractivity contribution in [2.24, 2.45) is 5.92 Å². The first-order chi connectivity index (χ1) is 12.3. The van der Waals surface area contributed by atoms with Crippen LogP contribution < -0.4 is 5.32 Å². The van der Waals surface area contributed by atoms with Gasteiger partial charge >= 0.3 is 0 Å². The summed E-state index contributed by atoms with van der Waals surface area (Å²) in [6.07, 6.45) is 3.39. The molecule has 0 spiro atoms. The molecule has 128 valence electrons. The molecule has 1 aliphatic rings. The van der Waals surface area contributed by atoms with E-state index in [1.54, 1.807) is 24.5 Å². The second-order valence-corrected chi connectivity index (χ2v) is 5.91. The van der Waals surface area contributed by atoms with E-state index in [-0.39, 0.29) is 11.7 Å². The van der Waals surface area contributed by atoms with Gasteiger partial charge in [0.25, 0.3) is 0 Å². The molecule has 8 heteroatoms. The van der Waals surface area contributed by atoms with E-state index in [9.17, 15) is 4.39 Å². The predicted octanol–water partition coefficient (Wildman–Crippen LogP) is 2.13. The van der Waals surface area contributed by atoms with Gasteiger partial charge in [-0.25, -0.2) is 19.0 Å². The van der Waals surface area contributed by atoms with Crippen LogP contribution in [0.15, 0.2) is 42.7 Å². The molecule has 1 unspecified atom stereocenters. The molecule has 3 aromatic rings. The number of anilines is 1. The molecule has 3 heterocycles. The molecule has 1 aromatic carbocycles. The minimum Gasteiger partial charge on any atom is -0.375 e. The van der Waals surface area contributed by atoms with Crippen LogP contribution in [-0.4, -0.2) is 38.1 Å². The van der Waals surface area contributed by atoms with Gasteiger partial charge in [0.05, 0.1) is 18.9 Å². The van der Waals surface area contributed by atoms with Crippen LogP contribution in [0.5, 0.6) is 0 Å². The third-order valence-corrected chi connectivity index (χ3v) is 4.07. The normalized spacial score (nSPS) is 16.9. The quantitative estimate of drug-likeness (QED) is 0.784. The lowest BCUT2D eigenvalue weighted by Gasteiger charge is -2.14. The largest absolute Gasteiger partial charge is 0.375 e. The van der Waals surface area contributed by atoms with Crippen LogP contribution in [0.2, 0.25) is 0 Å². The average Bonchev–Trinajstić information content (AvgIpc) is 2.92. The number of nitrogens with one attached hydrogen (secondary N) is 1. The molecule has 7 nitrogen and oxygen atoms in total. The van der Waals surface area contributed by atoms with Gasteiger partial charge in [0.1, 0.15) is 11.5 Å². The number of benzene rings is 1. The molecule has 0 saturated heterocycles. The SMILES string of the molecule is Fc1cccc(-c2nnn3c2COCC(CNc2ncccn2)C3)c1. The van der Waals surface area contributed by atoms with Crippen LogP contribution in [0.1, 0.15) is 5.69 Å². The zero-order valence-corrected chi connectivity index (χ0v) is 13.5.